The lowest BCUT2D eigenvalue weighted by atomic mass is 10.1. The van der Waals surface area contributed by atoms with Crippen LogP contribution in [-0.4, -0.2) is 63.3 Å². The lowest BCUT2D eigenvalue weighted by Crippen LogP contribution is -2.57. The van der Waals surface area contributed by atoms with E-state index in [1.807, 2.05) is 13.1 Å². The first-order chi connectivity index (χ1) is 15.9. The zero-order valence-corrected chi connectivity index (χ0v) is 20.5. The van der Waals surface area contributed by atoms with E-state index in [-0.39, 0.29) is 18.0 Å². The third-order valence-electron chi connectivity index (χ3n) is 5.49. The highest BCUT2D eigenvalue weighted by Crippen LogP contribution is 2.29. The Kier molecular flexibility index (Phi) is 11.8. The minimum Gasteiger partial charge on any atom is -0.493 e. The number of benzene rings is 1. The van der Waals surface area contributed by atoms with Gasteiger partial charge in [0.1, 0.15) is 0 Å². The van der Waals surface area contributed by atoms with Crippen LogP contribution in [0, 0.1) is 5.92 Å². The number of nitrogens with one attached hydrogen (secondary N) is 3. The maximum absolute atomic E-state index is 12.8. The molecule has 184 valence electrons. The number of methoxy groups -OCH3 is 1. The van der Waals surface area contributed by atoms with E-state index in [1.54, 1.807) is 17.0 Å². The Labute approximate surface area is 198 Å². The van der Waals surface area contributed by atoms with Gasteiger partial charge in [-0.3, -0.25) is 4.79 Å². The topological polar surface area (TPSA) is 91.9 Å². The largest absolute Gasteiger partial charge is 0.493 e. The van der Waals surface area contributed by atoms with Crippen molar-refractivity contribution in [1.29, 1.82) is 0 Å². The Bertz CT molecular complexity index is 780. The fourth-order valence-corrected chi connectivity index (χ4v) is 3.68. The second-order valence-electron chi connectivity index (χ2n) is 8.66. The number of hydrogen-bond acceptors (Lipinski definition) is 6. The van der Waals surface area contributed by atoms with E-state index in [2.05, 4.69) is 41.9 Å². The fraction of sp³-hybridized carbons (Fsp3) is 0.600. The number of carbonyl (C=O) groups is 2. The van der Waals surface area contributed by atoms with Crippen LogP contribution >= 0.6 is 0 Å². The quantitative estimate of drug-likeness (QED) is 0.328. The molecule has 0 bridgehead atoms. The minimum atomic E-state index is -0.389. The summed E-state index contributed by atoms with van der Waals surface area (Å²) >= 11 is 0. The van der Waals surface area contributed by atoms with Gasteiger partial charge in [0.15, 0.2) is 11.5 Å². The number of likely N-dealkylation sites (N-methyl/N-ethyl adjacent to an activating group) is 1. The third-order valence-corrected chi connectivity index (χ3v) is 5.49. The maximum Gasteiger partial charge on any atom is 0.415 e. The smallest absolute Gasteiger partial charge is 0.415 e. The fourth-order valence-electron chi connectivity index (χ4n) is 3.68. The monoisotopic (exact) mass is 460 g/mol. The van der Waals surface area contributed by atoms with Crippen LogP contribution in [0.5, 0.6) is 11.5 Å². The van der Waals surface area contributed by atoms with Crippen molar-refractivity contribution in [1.82, 2.24) is 20.9 Å². The van der Waals surface area contributed by atoms with Gasteiger partial charge in [0.2, 0.25) is 5.91 Å². The lowest BCUT2D eigenvalue weighted by molar-refractivity contribution is -0.121. The van der Waals surface area contributed by atoms with Crippen LogP contribution in [-0.2, 0) is 11.3 Å². The number of amides is 2. The van der Waals surface area contributed by atoms with Crippen LogP contribution in [0.15, 0.2) is 30.4 Å². The first-order valence-electron chi connectivity index (χ1n) is 11.9. The van der Waals surface area contributed by atoms with Crippen molar-refractivity contribution in [3.05, 3.63) is 35.9 Å². The molecule has 0 aliphatic carbocycles. The highest BCUT2D eigenvalue weighted by Gasteiger charge is 2.28. The molecule has 0 spiro atoms. The van der Waals surface area contributed by atoms with Gasteiger partial charge in [-0.05, 0) is 49.9 Å². The molecule has 1 unspecified atom stereocenters. The molecule has 1 aromatic rings. The molecular formula is C25H40N4O4. The molecule has 1 aromatic carbocycles. The van der Waals surface area contributed by atoms with Crippen LogP contribution in [0.4, 0.5) is 4.79 Å². The molecule has 1 fully saturated rings. The van der Waals surface area contributed by atoms with E-state index in [9.17, 15) is 9.59 Å². The van der Waals surface area contributed by atoms with Gasteiger partial charge in [-0.15, -0.1) is 0 Å². The predicted molar refractivity (Wildman–Crippen MR) is 131 cm³/mol. The van der Waals surface area contributed by atoms with Gasteiger partial charge in [0, 0.05) is 39.1 Å². The molecule has 33 heavy (non-hydrogen) atoms. The molecule has 8 nitrogen and oxygen atoms in total. The maximum atomic E-state index is 12.8. The van der Waals surface area contributed by atoms with E-state index >= 15 is 0 Å². The number of carbonyl (C=O) groups excluding carboxylic acids is 2. The summed E-state index contributed by atoms with van der Waals surface area (Å²) in [6.07, 6.45) is 7.39. The van der Waals surface area contributed by atoms with Crippen molar-refractivity contribution in [2.75, 3.05) is 40.3 Å². The van der Waals surface area contributed by atoms with Crippen LogP contribution in [0.2, 0.25) is 0 Å². The highest BCUT2D eigenvalue weighted by atomic mass is 16.6. The molecule has 1 aliphatic rings. The lowest BCUT2D eigenvalue weighted by Gasteiger charge is -2.35. The molecule has 1 atom stereocenters. The van der Waals surface area contributed by atoms with Crippen molar-refractivity contribution >= 4 is 12.0 Å². The van der Waals surface area contributed by atoms with E-state index in [1.165, 1.54) is 7.11 Å². The number of nitrogens with zero attached hydrogens (tertiary/aromatic N) is 1. The van der Waals surface area contributed by atoms with Crippen molar-refractivity contribution in [2.45, 2.75) is 52.1 Å². The Morgan fingerprint density at radius 2 is 2.09 bits per heavy atom. The zero-order chi connectivity index (χ0) is 24.1. The number of ether oxygens (including phenoxy) is 2. The molecule has 0 aromatic heterocycles. The summed E-state index contributed by atoms with van der Waals surface area (Å²) in [4.78, 5) is 26.6. The number of unbranched alkanes of at least 4 members (excludes halogenated alkanes) is 2. The summed E-state index contributed by atoms with van der Waals surface area (Å²) in [6, 6.07) is 5.38. The zero-order valence-electron chi connectivity index (χ0n) is 20.5. The summed E-state index contributed by atoms with van der Waals surface area (Å²) in [5.41, 5.74) is 0.884. The molecule has 0 saturated carbocycles. The molecule has 1 aliphatic heterocycles. The predicted octanol–water partition coefficient (Wildman–Crippen LogP) is 3.08. The minimum absolute atomic E-state index is 0.0305. The Hall–Kier alpha value is -2.58. The molecular weight excluding hydrogens is 420 g/mol. The second kappa shape index (κ2) is 14.5. The molecule has 1 saturated heterocycles. The summed E-state index contributed by atoms with van der Waals surface area (Å²) < 4.78 is 11.1. The van der Waals surface area contributed by atoms with E-state index in [0.29, 0.717) is 43.5 Å². The van der Waals surface area contributed by atoms with Crippen molar-refractivity contribution in [2.24, 2.45) is 5.92 Å². The summed E-state index contributed by atoms with van der Waals surface area (Å²) in [5.74, 6) is 1.44. The van der Waals surface area contributed by atoms with Gasteiger partial charge >= 0.3 is 6.09 Å². The Morgan fingerprint density at radius 1 is 1.27 bits per heavy atom. The molecule has 0 radical (unpaired) electrons. The summed E-state index contributed by atoms with van der Waals surface area (Å²) in [6.45, 7) is 7.45. The van der Waals surface area contributed by atoms with Crippen LogP contribution in [0.25, 0.3) is 0 Å². The average Bonchev–Trinajstić information content (AvgIpc) is 2.81. The number of rotatable bonds is 12. The average molecular weight is 461 g/mol. The number of allylic oxidation sites excluding steroid dienone is 2. The van der Waals surface area contributed by atoms with Crippen LogP contribution in [0.3, 0.4) is 0 Å². The van der Waals surface area contributed by atoms with Crippen LogP contribution < -0.4 is 25.4 Å². The van der Waals surface area contributed by atoms with E-state index in [4.69, 9.17) is 9.47 Å². The third kappa shape index (κ3) is 9.43. The summed E-state index contributed by atoms with van der Waals surface area (Å²) in [5, 5.41) is 9.36. The first-order valence-corrected chi connectivity index (χ1v) is 11.9. The molecule has 3 N–H and O–H groups in total. The van der Waals surface area contributed by atoms with Gasteiger partial charge in [-0.2, -0.15) is 0 Å². The van der Waals surface area contributed by atoms with Crippen molar-refractivity contribution < 1.29 is 19.1 Å². The van der Waals surface area contributed by atoms with E-state index in [0.717, 1.165) is 37.9 Å². The van der Waals surface area contributed by atoms with Gasteiger partial charge in [0.25, 0.3) is 0 Å². The Morgan fingerprint density at radius 3 is 2.82 bits per heavy atom. The molecule has 2 rings (SSSR count). The highest BCUT2D eigenvalue weighted by molar-refractivity contribution is 5.76. The van der Waals surface area contributed by atoms with Gasteiger partial charge in [-0.1, -0.05) is 32.1 Å². The van der Waals surface area contributed by atoms with Gasteiger partial charge < -0.3 is 30.3 Å². The molecule has 2 amide bonds. The molecule has 1 heterocycles. The normalized spacial score (nSPS) is 16.3. The second-order valence-corrected chi connectivity index (χ2v) is 8.66. The number of piperazine rings is 1. The SMILES string of the molecule is CNCC1CNCCN1C(=O)Oc1ccc(CNC(=O)CCCCC=CC(C)C)cc1OC. The van der Waals surface area contributed by atoms with E-state index < -0.39 is 0 Å². The summed E-state index contributed by atoms with van der Waals surface area (Å²) in [7, 11) is 3.40. The van der Waals surface area contributed by atoms with Crippen LogP contribution in [0.1, 0.15) is 45.1 Å². The van der Waals surface area contributed by atoms with Gasteiger partial charge in [-0.25, -0.2) is 4.79 Å². The van der Waals surface area contributed by atoms with Crippen molar-refractivity contribution in [3.63, 3.8) is 0 Å². The molecule has 8 heteroatoms. The number of hydrogen-bond donors (Lipinski definition) is 3. The first kappa shape index (κ1) is 26.7. The van der Waals surface area contributed by atoms with Gasteiger partial charge in [0.05, 0.1) is 13.2 Å². The van der Waals surface area contributed by atoms with Crippen molar-refractivity contribution in [3.8, 4) is 11.5 Å². The Balaban J connectivity index is 1.83. The standard InChI is InChI=1S/C25H40N4O4/c1-19(2)9-7-5-6-8-10-24(30)28-16-20-11-12-22(23(15-20)32-4)33-25(31)29-14-13-27-18-21(29)17-26-3/h7,9,11-12,15,19,21,26-27H,5-6,8,10,13-14,16-18H2,1-4H3,(H,28,30).